The van der Waals surface area contributed by atoms with E-state index in [-0.39, 0.29) is 5.82 Å². The molecule has 0 saturated carbocycles. The lowest BCUT2D eigenvalue weighted by Gasteiger charge is -2.07. The number of hydrogen-bond acceptors (Lipinski definition) is 1. The highest BCUT2D eigenvalue weighted by molar-refractivity contribution is 9.10. The highest BCUT2D eigenvalue weighted by atomic mass is 79.9. The first-order valence-electron chi connectivity index (χ1n) is 3.48. The fourth-order valence-corrected chi connectivity index (χ4v) is 1.28. The van der Waals surface area contributed by atoms with Gasteiger partial charge in [0.1, 0.15) is 5.82 Å². The van der Waals surface area contributed by atoms with Crippen molar-refractivity contribution in [1.82, 2.24) is 0 Å². The summed E-state index contributed by atoms with van der Waals surface area (Å²) in [5.74, 6) is -0.300. The summed E-state index contributed by atoms with van der Waals surface area (Å²) in [6.07, 6.45) is 1.50. The van der Waals surface area contributed by atoms with Gasteiger partial charge >= 0.3 is 0 Å². The highest BCUT2D eigenvalue weighted by Crippen LogP contribution is 2.20. The van der Waals surface area contributed by atoms with Crippen molar-refractivity contribution in [2.75, 3.05) is 0 Å². The Kier molecular flexibility index (Phi) is 3.00. The molecule has 1 aromatic carbocycles. The highest BCUT2D eigenvalue weighted by Gasteiger charge is 2.07. The first kappa shape index (κ1) is 9.42. The van der Waals surface area contributed by atoms with Gasteiger partial charge in [-0.2, -0.15) is 0 Å². The van der Waals surface area contributed by atoms with Gasteiger partial charge in [-0.25, -0.2) is 4.39 Å². The molecule has 2 N–H and O–H groups in total. The molecule has 0 radical (unpaired) electrons. The van der Waals surface area contributed by atoms with E-state index in [1.807, 2.05) is 0 Å². The van der Waals surface area contributed by atoms with Crippen molar-refractivity contribution in [3.05, 3.63) is 46.7 Å². The topological polar surface area (TPSA) is 26.0 Å². The molecule has 1 rings (SSSR count). The van der Waals surface area contributed by atoms with Crippen molar-refractivity contribution in [2.24, 2.45) is 5.73 Å². The average Bonchev–Trinajstić information content (AvgIpc) is 2.08. The molecule has 12 heavy (non-hydrogen) atoms. The van der Waals surface area contributed by atoms with E-state index in [1.54, 1.807) is 12.1 Å². The van der Waals surface area contributed by atoms with Crippen LogP contribution < -0.4 is 5.73 Å². The first-order valence-corrected chi connectivity index (χ1v) is 4.27. The maximum Gasteiger partial charge on any atom is 0.128 e. The van der Waals surface area contributed by atoms with Gasteiger partial charge in [-0.1, -0.05) is 22.0 Å². The van der Waals surface area contributed by atoms with Crippen LogP contribution in [0.1, 0.15) is 11.6 Å². The van der Waals surface area contributed by atoms with Crippen LogP contribution in [0.15, 0.2) is 35.3 Å². The fourth-order valence-electron chi connectivity index (χ4n) is 0.897. The predicted molar refractivity (Wildman–Crippen MR) is 51.2 cm³/mol. The van der Waals surface area contributed by atoms with Gasteiger partial charge in [0.05, 0.1) is 6.04 Å². The quantitative estimate of drug-likeness (QED) is 0.776. The third-order valence-electron chi connectivity index (χ3n) is 1.57. The largest absolute Gasteiger partial charge is 0.321 e. The third kappa shape index (κ3) is 1.93. The molecule has 0 aliphatic rings. The Morgan fingerprint density at radius 1 is 1.58 bits per heavy atom. The second-order valence-corrected chi connectivity index (χ2v) is 3.34. The number of halogens is 2. The van der Waals surface area contributed by atoms with Gasteiger partial charge in [-0.3, -0.25) is 0 Å². The van der Waals surface area contributed by atoms with E-state index in [4.69, 9.17) is 5.73 Å². The van der Waals surface area contributed by atoms with Crippen LogP contribution in [-0.2, 0) is 0 Å². The van der Waals surface area contributed by atoms with Crippen molar-refractivity contribution in [1.29, 1.82) is 0 Å². The second kappa shape index (κ2) is 3.83. The maximum absolute atomic E-state index is 13.1. The van der Waals surface area contributed by atoms with E-state index in [2.05, 4.69) is 22.5 Å². The molecule has 0 aliphatic heterocycles. The molecular formula is C9H9BrFN. The molecule has 0 saturated heterocycles. The van der Waals surface area contributed by atoms with Crippen molar-refractivity contribution >= 4 is 15.9 Å². The summed E-state index contributed by atoms with van der Waals surface area (Å²) in [5.41, 5.74) is 6.04. The number of rotatable bonds is 2. The fraction of sp³-hybridized carbons (Fsp3) is 0.111. The van der Waals surface area contributed by atoms with Crippen LogP contribution in [0.4, 0.5) is 4.39 Å². The molecular weight excluding hydrogens is 221 g/mol. The Labute approximate surface area is 79.2 Å². The summed E-state index contributed by atoms with van der Waals surface area (Å²) < 4.78 is 13.9. The standard InChI is InChI=1S/C9H9BrFN/c1-2-9(12)7-5-6(10)3-4-8(7)11/h2-5,9H,1,12H2/t9-/m0/s1. The van der Waals surface area contributed by atoms with Crippen molar-refractivity contribution < 1.29 is 4.39 Å². The van der Waals surface area contributed by atoms with Gasteiger partial charge in [0.2, 0.25) is 0 Å². The Balaban J connectivity index is 3.12. The normalized spacial score (nSPS) is 12.6. The molecule has 0 unspecified atom stereocenters. The molecule has 0 fully saturated rings. The summed E-state index contributed by atoms with van der Waals surface area (Å²) in [7, 11) is 0. The van der Waals surface area contributed by atoms with Crippen molar-refractivity contribution in [2.45, 2.75) is 6.04 Å². The number of benzene rings is 1. The Morgan fingerprint density at radius 3 is 2.83 bits per heavy atom. The summed E-state index contributed by atoms with van der Waals surface area (Å²) in [6, 6.07) is 4.22. The molecule has 64 valence electrons. The molecule has 1 nitrogen and oxygen atoms in total. The van der Waals surface area contributed by atoms with Crippen LogP contribution in [0.2, 0.25) is 0 Å². The lowest BCUT2D eigenvalue weighted by molar-refractivity contribution is 0.602. The monoisotopic (exact) mass is 229 g/mol. The smallest absolute Gasteiger partial charge is 0.128 e. The van der Waals surface area contributed by atoms with Gasteiger partial charge < -0.3 is 5.73 Å². The van der Waals surface area contributed by atoms with E-state index in [9.17, 15) is 4.39 Å². The van der Waals surface area contributed by atoms with Crippen LogP contribution >= 0.6 is 15.9 Å². The molecule has 0 bridgehead atoms. The van der Waals surface area contributed by atoms with E-state index in [0.29, 0.717) is 5.56 Å². The van der Waals surface area contributed by atoms with Crippen LogP contribution in [0.5, 0.6) is 0 Å². The Morgan fingerprint density at radius 2 is 2.25 bits per heavy atom. The number of nitrogens with two attached hydrogens (primary N) is 1. The van der Waals surface area contributed by atoms with E-state index in [0.717, 1.165) is 4.47 Å². The third-order valence-corrected chi connectivity index (χ3v) is 2.06. The first-order chi connectivity index (χ1) is 5.65. The minimum absolute atomic E-state index is 0.300. The molecule has 3 heteroatoms. The molecule has 0 heterocycles. The molecule has 0 aromatic heterocycles. The Bertz CT molecular complexity index is 299. The summed E-state index contributed by atoms with van der Waals surface area (Å²) >= 11 is 3.24. The average molecular weight is 230 g/mol. The summed E-state index contributed by atoms with van der Waals surface area (Å²) in [6.45, 7) is 3.50. The summed E-state index contributed by atoms with van der Waals surface area (Å²) in [4.78, 5) is 0. The van der Waals surface area contributed by atoms with Gasteiger partial charge in [0.25, 0.3) is 0 Å². The predicted octanol–water partition coefficient (Wildman–Crippen LogP) is 2.77. The van der Waals surface area contributed by atoms with Crippen LogP contribution in [0.25, 0.3) is 0 Å². The molecule has 0 aliphatic carbocycles. The minimum atomic E-state index is -0.442. The van der Waals surface area contributed by atoms with Crippen molar-refractivity contribution in [3.63, 3.8) is 0 Å². The van der Waals surface area contributed by atoms with Crippen LogP contribution in [0.3, 0.4) is 0 Å². The Hall–Kier alpha value is -0.670. The molecule has 0 spiro atoms. The lowest BCUT2D eigenvalue weighted by Crippen LogP contribution is -2.08. The summed E-state index contributed by atoms with van der Waals surface area (Å²) in [5, 5.41) is 0. The molecule has 0 amide bonds. The molecule has 1 aromatic rings. The van der Waals surface area contributed by atoms with E-state index < -0.39 is 6.04 Å². The zero-order chi connectivity index (χ0) is 9.14. The van der Waals surface area contributed by atoms with E-state index >= 15 is 0 Å². The maximum atomic E-state index is 13.1. The lowest BCUT2D eigenvalue weighted by atomic mass is 10.1. The van der Waals surface area contributed by atoms with E-state index in [1.165, 1.54) is 12.1 Å². The van der Waals surface area contributed by atoms with Gasteiger partial charge in [-0.15, -0.1) is 6.58 Å². The van der Waals surface area contributed by atoms with Crippen LogP contribution in [0, 0.1) is 5.82 Å². The van der Waals surface area contributed by atoms with Crippen LogP contribution in [-0.4, -0.2) is 0 Å². The second-order valence-electron chi connectivity index (χ2n) is 2.43. The SMILES string of the molecule is C=C[C@H](N)c1cc(Br)ccc1F. The van der Waals surface area contributed by atoms with Gasteiger partial charge in [-0.05, 0) is 18.2 Å². The zero-order valence-electron chi connectivity index (χ0n) is 6.43. The van der Waals surface area contributed by atoms with Gasteiger partial charge in [0, 0.05) is 10.0 Å². The van der Waals surface area contributed by atoms with Gasteiger partial charge in [0.15, 0.2) is 0 Å². The minimum Gasteiger partial charge on any atom is -0.321 e. The zero-order valence-corrected chi connectivity index (χ0v) is 8.01. The number of hydrogen-bond donors (Lipinski definition) is 1. The van der Waals surface area contributed by atoms with Crippen molar-refractivity contribution in [3.8, 4) is 0 Å². The molecule has 1 atom stereocenters.